The van der Waals surface area contributed by atoms with Gasteiger partial charge in [0.2, 0.25) is 0 Å². The van der Waals surface area contributed by atoms with Gasteiger partial charge >= 0.3 is 0 Å². The number of nitrogens with zero attached hydrogens (tertiary/aromatic N) is 2. The molecule has 0 saturated heterocycles. The maximum Gasteiger partial charge on any atom is 0.169 e. The first-order valence-corrected chi connectivity index (χ1v) is 10.2. The van der Waals surface area contributed by atoms with Crippen LogP contribution in [0.4, 0.5) is 15.8 Å². The van der Waals surface area contributed by atoms with Gasteiger partial charge in [-0.1, -0.05) is 31.4 Å². The van der Waals surface area contributed by atoms with Gasteiger partial charge in [0.1, 0.15) is 11.5 Å². The summed E-state index contributed by atoms with van der Waals surface area (Å²) in [5, 5.41) is 0. The fourth-order valence-corrected chi connectivity index (χ4v) is 3.84. The monoisotopic (exact) mass is 445 g/mol. The molecular weight excluding hydrogens is 421 g/mol. The number of nitrogen functional groups attached to an aromatic ring is 1. The van der Waals surface area contributed by atoms with Gasteiger partial charge in [0.15, 0.2) is 17.3 Å². The van der Waals surface area contributed by atoms with E-state index in [4.69, 9.17) is 19.9 Å². The maximum atomic E-state index is 14.8. The third kappa shape index (κ3) is 3.89. The van der Waals surface area contributed by atoms with Gasteiger partial charge < -0.3 is 24.8 Å². The second kappa shape index (κ2) is 9.08. The average molecular weight is 445 g/mol. The van der Waals surface area contributed by atoms with Crippen molar-refractivity contribution in [2.75, 3.05) is 24.9 Å². The van der Waals surface area contributed by atoms with Crippen LogP contribution in [0.2, 0.25) is 0 Å². The minimum atomic E-state index is -0.626. The number of para-hydroxylation sites is 1. The van der Waals surface area contributed by atoms with E-state index >= 15 is 0 Å². The van der Waals surface area contributed by atoms with E-state index in [1.807, 2.05) is 41.3 Å². The zero-order chi connectivity index (χ0) is 23.5. The fourth-order valence-electron chi connectivity index (χ4n) is 3.84. The van der Waals surface area contributed by atoms with Crippen LogP contribution in [0.3, 0.4) is 0 Å². The first-order chi connectivity index (χ1) is 16.0. The van der Waals surface area contributed by atoms with E-state index in [0.29, 0.717) is 29.3 Å². The number of hydrogen-bond acceptors (Lipinski definition) is 6. The van der Waals surface area contributed by atoms with Gasteiger partial charge in [0, 0.05) is 23.4 Å². The van der Waals surface area contributed by atoms with Gasteiger partial charge in [-0.05, 0) is 24.3 Å². The zero-order valence-electron chi connectivity index (χ0n) is 18.5. The van der Waals surface area contributed by atoms with Crippen LogP contribution in [-0.4, -0.2) is 19.2 Å². The number of hydrogen-bond donors (Lipinski definition) is 1. The van der Waals surface area contributed by atoms with Crippen LogP contribution in [0.1, 0.15) is 11.1 Å². The third-order valence-corrected chi connectivity index (χ3v) is 5.42. The summed E-state index contributed by atoms with van der Waals surface area (Å²) >= 11 is 0. The molecule has 0 aliphatic carbocycles. The summed E-state index contributed by atoms with van der Waals surface area (Å²) in [6.07, 6.45) is 5.12. The van der Waals surface area contributed by atoms with E-state index in [1.165, 1.54) is 20.3 Å². The molecule has 0 spiro atoms. The van der Waals surface area contributed by atoms with Crippen LogP contribution in [0.15, 0.2) is 85.5 Å². The van der Waals surface area contributed by atoms with Crippen molar-refractivity contribution in [3.8, 4) is 17.2 Å². The lowest BCUT2D eigenvalue weighted by atomic mass is 9.99. The minimum Gasteiger partial charge on any atom is -0.494 e. The van der Waals surface area contributed by atoms with E-state index in [-0.39, 0.29) is 22.7 Å². The second-order valence-corrected chi connectivity index (χ2v) is 7.29. The molecule has 2 N–H and O–H groups in total. The number of ether oxygens (including phenoxy) is 3. The minimum absolute atomic E-state index is 0.0525. The Bertz CT molecular complexity index is 1260. The Morgan fingerprint density at radius 3 is 2.67 bits per heavy atom. The van der Waals surface area contributed by atoms with Gasteiger partial charge in [-0.3, -0.25) is 4.98 Å². The molecular formula is C26H24FN3O3. The van der Waals surface area contributed by atoms with Crippen LogP contribution in [0.5, 0.6) is 17.2 Å². The number of allylic oxidation sites excluding steroid dienone is 2. The lowest BCUT2D eigenvalue weighted by molar-refractivity contribution is 0.376. The van der Waals surface area contributed by atoms with Gasteiger partial charge in [0.25, 0.3) is 0 Å². The van der Waals surface area contributed by atoms with Crippen molar-refractivity contribution in [1.82, 2.24) is 4.98 Å². The number of nitrogens with two attached hydrogens (primary N) is 1. The molecule has 7 heteroatoms. The molecule has 0 amide bonds. The van der Waals surface area contributed by atoms with Crippen molar-refractivity contribution in [2.45, 2.75) is 6.54 Å². The number of anilines is 2. The summed E-state index contributed by atoms with van der Waals surface area (Å²) in [7, 11) is 2.79. The molecule has 6 nitrogen and oxygen atoms in total. The highest BCUT2D eigenvalue weighted by Crippen LogP contribution is 2.44. The standard InChI is InChI=1S/C26H24FN3O3/c1-5-20-25(16(2)23-24(28)22(31-3)13-19(27)26(23)32-4)33-21-11-7-6-9-17(21)15-30(20)18-10-8-12-29-14-18/h5-14H,1-2,15,28H2,3-4H3. The zero-order valence-corrected chi connectivity index (χ0v) is 18.5. The Morgan fingerprint density at radius 1 is 1.21 bits per heavy atom. The average Bonchev–Trinajstić information content (AvgIpc) is 3.01. The number of benzene rings is 2. The van der Waals surface area contributed by atoms with Crippen molar-refractivity contribution < 1.29 is 18.6 Å². The highest BCUT2D eigenvalue weighted by Gasteiger charge is 2.29. The van der Waals surface area contributed by atoms with E-state index in [2.05, 4.69) is 18.1 Å². The van der Waals surface area contributed by atoms with E-state index < -0.39 is 5.82 Å². The summed E-state index contributed by atoms with van der Waals surface area (Å²) in [5.74, 6) is 0.488. The number of fused-ring (bicyclic) bond motifs is 1. The van der Waals surface area contributed by atoms with Crippen molar-refractivity contribution in [2.24, 2.45) is 0 Å². The van der Waals surface area contributed by atoms with Gasteiger partial charge in [-0.2, -0.15) is 0 Å². The number of aromatic nitrogens is 1. The lowest BCUT2D eigenvalue weighted by Crippen LogP contribution is -2.22. The van der Waals surface area contributed by atoms with Crippen LogP contribution in [-0.2, 0) is 6.54 Å². The van der Waals surface area contributed by atoms with Crippen LogP contribution < -0.4 is 24.8 Å². The topological polar surface area (TPSA) is 69.8 Å². The Labute approximate surface area is 192 Å². The summed E-state index contributed by atoms with van der Waals surface area (Å²) in [5.41, 5.74) is 9.50. The predicted octanol–water partition coefficient (Wildman–Crippen LogP) is 5.33. The van der Waals surface area contributed by atoms with Crippen molar-refractivity contribution >= 4 is 16.9 Å². The normalized spacial score (nSPS) is 13.0. The summed E-state index contributed by atoms with van der Waals surface area (Å²) < 4.78 is 31.8. The first kappa shape index (κ1) is 22.0. The Morgan fingerprint density at radius 2 is 2.00 bits per heavy atom. The molecule has 1 aliphatic rings. The molecule has 33 heavy (non-hydrogen) atoms. The van der Waals surface area contributed by atoms with E-state index in [9.17, 15) is 4.39 Å². The SMILES string of the molecule is C=CC1=C(C(=C)c2c(N)c(OC)cc(F)c2OC)Oc2ccccc2CN1c1cccnc1. The highest BCUT2D eigenvalue weighted by atomic mass is 19.1. The largest absolute Gasteiger partial charge is 0.494 e. The van der Waals surface area contributed by atoms with Gasteiger partial charge in [-0.15, -0.1) is 0 Å². The summed E-state index contributed by atoms with van der Waals surface area (Å²) in [6.45, 7) is 8.72. The molecule has 168 valence electrons. The van der Waals surface area contributed by atoms with Crippen molar-refractivity contribution in [3.05, 3.63) is 102 Å². The molecule has 3 aromatic rings. The van der Waals surface area contributed by atoms with E-state index in [0.717, 1.165) is 11.3 Å². The Balaban J connectivity index is 1.98. The quantitative estimate of drug-likeness (QED) is 0.517. The van der Waals surface area contributed by atoms with Crippen molar-refractivity contribution in [3.63, 3.8) is 0 Å². The second-order valence-electron chi connectivity index (χ2n) is 7.29. The Hall–Kier alpha value is -4.26. The molecule has 2 aromatic carbocycles. The summed E-state index contributed by atoms with van der Waals surface area (Å²) in [4.78, 5) is 6.26. The van der Waals surface area contributed by atoms with Crippen LogP contribution >= 0.6 is 0 Å². The molecule has 0 radical (unpaired) electrons. The molecule has 0 atom stereocenters. The van der Waals surface area contributed by atoms with Crippen LogP contribution in [0.25, 0.3) is 5.57 Å². The molecule has 2 heterocycles. The van der Waals surface area contributed by atoms with Gasteiger partial charge in [0.05, 0.1) is 49.6 Å². The molecule has 0 unspecified atom stereocenters. The number of methoxy groups -OCH3 is 2. The van der Waals surface area contributed by atoms with Gasteiger partial charge in [-0.25, -0.2) is 4.39 Å². The van der Waals surface area contributed by atoms with Crippen LogP contribution in [0, 0.1) is 5.82 Å². The molecule has 1 aliphatic heterocycles. The molecule has 4 rings (SSSR count). The summed E-state index contributed by atoms with van der Waals surface area (Å²) in [6, 6.07) is 12.6. The van der Waals surface area contributed by atoms with E-state index in [1.54, 1.807) is 18.5 Å². The first-order valence-electron chi connectivity index (χ1n) is 10.2. The molecule has 1 aromatic heterocycles. The third-order valence-electron chi connectivity index (χ3n) is 5.42. The number of pyridine rings is 1. The maximum absolute atomic E-state index is 14.8. The number of rotatable bonds is 6. The molecule has 0 fully saturated rings. The fraction of sp³-hybridized carbons (Fsp3) is 0.115. The molecule has 0 bridgehead atoms. The number of halogens is 1. The Kier molecular flexibility index (Phi) is 6.04. The van der Waals surface area contributed by atoms with Crippen molar-refractivity contribution in [1.29, 1.82) is 0 Å². The smallest absolute Gasteiger partial charge is 0.169 e. The highest BCUT2D eigenvalue weighted by molar-refractivity contribution is 5.90. The lowest BCUT2D eigenvalue weighted by Gasteiger charge is -2.26. The predicted molar refractivity (Wildman–Crippen MR) is 128 cm³/mol. The molecule has 0 saturated carbocycles.